The van der Waals surface area contributed by atoms with Crippen molar-refractivity contribution in [1.82, 2.24) is 5.32 Å². The van der Waals surface area contributed by atoms with E-state index in [1.54, 1.807) is 19.1 Å². The van der Waals surface area contributed by atoms with Crippen LogP contribution in [0.4, 0.5) is 20.6 Å². The number of ketones is 1. The average molecular weight is 349 g/mol. The van der Waals surface area contributed by atoms with E-state index >= 15 is 0 Å². The van der Waals surface area contributed by atoms with Gasteiger partial charge in [0.25, 0.3) is 0 Å². The Labute approximate surface area is 144 Å². The van der Waals surface area contributed by atoms with E-state index in [9.17, 15) is 18.8 Å². The van der Waals surface area contributed by atoms with Gasteiger partial charge in [0, 0.05) is 32.4 Å². The molecule has 7 nitrogen and oxygen atoms in total. The molecule has 2 aliphatic heterocycles. The highest BCUT2D eigenvalue weighted by Gasteiger charge is 2.33. The van der Waals surface area contributed by atoms with Gasteiger partial charge in [0.15, 0.2) is 6.23 Å². The molecule has 0 aromatic heterocycles. The maximum absolute atomic E-state index is 14.5. The van der Waals surface area contributed by atoms with Gasteiger partial charge < -0.3 is 15.0 Å². The molecule has 1 N–H and O–H groups in total. The van der Waals surface area contributed by atoms with Crippen LogP contribution in [0.3, 0.4) is 0 Å². The second-order valence-corrected chi connectivity index (χ2v) is 6.07. The zero-order valence-electron chi connectivity index (χ0n) is 14.0. The molecule has 0 radical (unpaired) electrons. The fourth-order valence-electron chi connectivity index (χ4n) is 2.95. The van der Waals surface area contributed by atoms with Gasteiger partial charge in [0.1, 0.15) is 11.6 Å². The van der Waals surface area contributed by atoms with Crippen molar-refractivity contribution in [3.63, 3.8) is 0 Å². The number of nitrogens with zero attached hydrogens (tertiary/aromatic N) is 2. The Morgan fingerprint density at radius 1 is 1.32 bits per heavy atom. The summed E-state index contributed by atoms with van der Waals surface area (Å²) in [6, 6.07) is 4.52. The molecule has 1 atom stereocenters. The van der Waals surface area contributed by atoms with Crippen molar-refractivity contribution >= 4 is 29.2 Å². The van der Waals surface area contributed by atoms with Gasteiger partial charge in [-0.15, -0.1) is 0 Å². The number of rotatable bonds is 4. The van der Waals surface area contributed by atoms with Crippen molar-refractivity contribution in [2.24, 2.45) is 0 Å². The summed E-state index contributed by atoms with van der Waals surface area (Å²) in [7, 11) is 0. The zero-order valence-corrected chi connectivity index (χ0v) is 14.0. The second-order valence-electron chi connectivity index (χ2n) is 6.07. The Morgan fingerprint density at radius 2 is 2.04 bits per heavy atom. The molecule has 1 aromatic rings. The molecule has 0 spiro atoms. The molecule has 2 aliphatic rings. The van der Waals surface area contributed by atoms with Crippen LogP contribution in [0.5, 0.6) is 0 Å². The molecule has 134 valence electrons. The highest BCUT2D eigenvalue weighted by atomic mass is 19.1. The number of carbonyl (C=O) groups is 3. The molecule has 3 rings (SSSR count). The molecule has 0 aliphatic carbocycles. The quantitative estimate of drug-likeness (QED) is 0.897. The van der Waals surface area contributed by atoms with Gasteiger partial charge in [-0.2, -0.15) is 0 Å². The largest absolute Gasteiger partial charge is 0.423 e. The van der Waals surface area contributed by atoms with Crippen molar-refractivity contribution in [2.45, 2.75) is 32.4 Å². The maximum Gasteiger partial charge on any atom is 0.416 e. The highest BCUT2D eigenvalue weighted by Crippen LogP contribution is 2.28. The van der Waals surface area contributed by atoms with Gasteiger partial charge in [-0.25, -0.2) is 9.18 Å². The van der Waals surface area contributed by atoms with Gasteiger partial charge in [0.05, 0.1) is 17.9 Å². The first kappa shape index (κ1) is 17.2. The topological polar surface area (TPSA) is 79.0 Å². The maximum atomic E-state index is 14.5. The second kappa shape index (κ2) is 7.08. The fraction of sp³-hybridized carbons (Fsp3) is 0.471. The molecule has 2 heterocycles. The van der Waals surface area contributed by atoms with Crippen LogP contribution in [-0.4, -0.2) is 43.6 Å². The van der Waals surface area contributed by atoms with E-state index in [0.29, 0.717) is 37.3 Å². The Morgan fingerprint density at radius 3 is 2.68 bits per heavy atom. The molecular formula is C17H20FN3O4. The minimum Gasteiger partial charge on any atom is -0.423 e. The molecule has 25 heavy (non-hydrogen) atoms. The third-order valence-corrected chi connectivity index (χ3v) is 4.36. The number of Topliss-reactive ketones (excluding diaryl/α,β-unsaturated/α-hetero) is 1. The lowest BCUT2D eigenvalue weighted by molar-refractivity contribution is -0.123. The Hall–Kier alpha value is -2.64. The number of piperidine rings is 1. The predicted molar refractivity (Wildman–Crippen MR) is 88.9 cm³/mol. The summed E-state index contributed by atoms with van der Waals surface area (Å²) in [5, 5.41) is 2.58. The molecule has 1 aromatic carbocycles. The summed E-state index contributed by atoms with van der Waals surface area (Å²) in [4.78, 5) is 37.8. The van der Waals surface area contributed by atoms with Crippen LogP contribution >= 0.6 is 0 Å². The van der Waals surface area contributed by atoms with Crippen molar-refractivity contribution in [1.29, 1.82) is 0 Å². The van der Waals surface area contributed by atoms with E-state index in [1.165, 1.54) is 11.0 Å². The molecule has 2 saturated heterocycles. The molecular weight excluding hydrogens is 329 g/mol. The summed E-state index contributed by atoms with van der Waals surface area (Å²) in [5.74, 6) is -0.491. The van der Waals surface area contributed by atoms with Crippen LogP contribution in [0.1, 0.15) is 26.2 Å². The zero-order chi connectivity index (χ0) is 18.0. The van der Waals surface area contributed by atoms with E-state index in [4.69, 9.17) is 4.74 Å². The van der Waals surface area contributed by atoms with Gasteiger partial charge in [-0.05, 0) is 18.2 Å². The van der Waals surface area contributed by atoms with E-state index in [-0.39, 0.29) is 24.7 Å². The molecule has 8 heteroatoms. The number of hydrogen-bond acceptors (Lipinski definition) is 5. The van der Waals surface area contributed by atoms with Crippen LogP contribution in [0.2, 0.25) is 0 Å². The van der Waals surface area contributed by atoms with E-state index in [2.05, 4.69) is 5.32 Å². The van der Waals surface area contributed by atoms with Gasteiger partial charge in [-0.1, -0.05) is 6.92 Å². The van der Waals surface area contributed by atoms with Crippen molar-refractivity contribution in [2.75, 3.05) is 29.4 Å². The summed E-state index contributed by atoms with van der Waals surface area (Å²) < 4.78 is 19.6. The number of cyclic esters (lactones) is 1. The number of carbonyl (C=O) groups excluding carboxylic acids is 3. The minimum absolute atomic E-state index is 0.127. The Balaban J connectivity index is 1.71. The first-order chi connectivity index (χ1) is 12.0. The number of halogens is 1. The molecule has 0 bridgehead atoms. The Bertz CT molecular complexity index is 699. The first-order valence-electron chi connectivity index (χ1n) is 8.31. The SMILES string of the molecule is CCC(=O)N[C@@H]1CN(c2ccc(N3CCC(=O)CC3)c(F)c2)C(=O)O1. The summed E-state index contributed by atoms with van der Waals surface area (Å²) in [6.45, 7) is 2.81. The van der Waals surface area contributed by atoms with Gasteiger partial charge in [-0.3, -0.25) is 14.5 Å². The van der Waals surface area contributed by atoms with E-state index < -0.39 is 18.1 Å². The lowest BCUT2D eigenvalue weighted by Crippen LogP contribution is -2.37. The van der Waals surface area contributed by atoms with Crippen molar-refractivity contribution in [3.8, 4) is 0 Å². The normalized spacial score (nSPS) is 20.6. The van der Waals surface area contributed by atoms with E-state index in [0.717, 1.165) is 0 Å². The number of nitrogens with one attached hydrogen (secondary N) is 1. The van der Waals surface area contributed by atoms with Crippen molar-refractivity contribution in [3.05, 3.63) is 24.0 Å². The molecule has 2 fully saturated rings. The van der Waals surface area contributed by atoms with Crippen LogP contribution < -0.4 is 15.1 Å². The van der Waals surface area contributed by atoms with Crippen LogP contribution in [-0.2, 0) is 14.3 Å². The van der Waals surface area contributed by atoms with Gasteiger partial charge >= 0.3 is 6.09 Å². The number of anilines is 2. The van der Waals surface area contributed by atoms with Crippen molar-refractivity contribution < 1.29 is 23.5 Å². The molecule has 0 unspecified atom stereocenters. The Kier molecular flexibility index (Phi) is 4.87. The van der Waals surface area contributed by atoms with Crippen LogP contribution in [0.25, 0.3) is 0 Å². The average Bonchev–Trinajstić information content (AvgIpc) is 2.96. The lowest BCUT2D eigenvalue weighted by atomic mass is 10.1. The smallest absolute Gasteiger partial charge is 0.416 e. The summed E-state index contributed by atoms with van der Waals surface area (Å²) >= 11 is 0. The summed E-state index contributed by atoms with van der Waals surface area (Å²) in [6.07, 6.45) is -0.250. The standard InChI is InChI=1S/C17H20FN3O4/c1-2-15(23)19-16-10-21(17(24)25-16)11-3-4-14(13(18)9-11)20-7-5-12(22)6-8-20/h3-4,9,16H,2,5-8,10H2,1H3,(H,19,23)/t16-/m0/s1. The number of hydrogen-bond donors (Lipinski definition) is 1. The lowest BCUT2D eigenvalue weighted by Gasteiger charge is -2.28. The number of ether oxygens (including phenoxy) is 1. The minimum atomic E-state index is -0.740. The van der Waals surface area contributed by atoms with Crippen LogP contribution in [0, 0.1) is 5.82 Å². The fourth-order valence-corrected chi connectivity index (χ4v) is 2.95. The third-order valence-electron chi connectivity index (χ3n) is 4.36. The highest BCUT2D eigenvalue weighted by molar-refractivity contribution is 5.90. The van der Waals surface area contributed by atoms with E-state index in [1.807, 2.05) is 4.90 Å². The monoisotopic (exact) mass is 349 g/mol. The number of amides is 2. The molecule has 2 amide bonds. The van der Waals surface area contributed by atoms with Crippen LogP contribution in [0.15, 0.2) is 18.2 Å². The summed E-state index contributed by atoms with van der Waals surface area (Å²) in [5.41, 5.74) is 0.784. The first-order valence-corrected chi connectivity index (χ1v) is 8.31. The van der Waals surface area contributed by atoms with Gasteiger partial charge in [0.2, 0.25) is 5.91 Å². The third kappa shape index (κ3) is 3.72. The number of benzene rings is 1. The predicted octanol–water partition coefficient (Wildman–Crippen LogP) is 1.80. The molecule has 0 saturated carbocycles.